The average Bonchev–Trinajstić information content (AvgIpc) is 3.13. The number of nitrogens with zero attached hydrogens (tertiary/aromatic N) is 5. The van der Waals surface area contributed by atoms with E-state index in [1.165, 1.54) is 11.8 Å². The lowest BCUT2D eigenvalue weighted by atomic mass is 10.0. The third-order valence-electron chi connectivity index (χ3n) is 4.46. The number of aromatic nitrogens is 4. The first kappa shape index (κ1) is 21.4. The molecule has 4 heterocycles. The van der Waals surface area contributed by atoms with Crippen molar-refractivity contribution >= 4 is 47.1 Å². The first-order valence-electron chi connectivity index (χ1n) is 8.35. The Morgan fingerprint density at radius 2 is 2.00 bits per heavy atom. The van der Waals surface area contributed by atoms with Crippen molar-refractivity contribution < 1.29 is 37.8 Å². The van der Waals surface area contributed by atoms with Crippen LogP contribution < -0.4 is 5.73 Å². The number of carboxylic acid groups (broad SMARTS) is 2. The molecule has 0 radical (unpaired) electrons. The molecule has 2 aromatic rings. The second-order valence-electron chi connectivity index (χ2n) is 6.41. The number of nitrogens with two attached hydrogens (primary N) is 1. The molecule has 2 aliphatic rings. The van der Waals surface area contributed by atoms with Crippen molar-refractivity contribution in [2.75, 3.05) is 11.5 Å². The molecular weight excluding hydrogens is 465 g/mol. The number of β-lactam (4-membered cyclic amide) rings is 1. The highest BCUT2D eigenvalue weighted by Crippen LogP contribution is 2.41. The molecule has 4 rings (SSSR count). The monoisotopic (exact) mass is 476 g/mol. The molecule has 164 valence electrons. The Bertz CT molecular complexity index is 1170. The standard InChI is InChI=1S/C15H11F3N6O5S2/c16-15(17,18)5-1-6(20-14-21-9(13(28)29)22-24(5)14)30-2-4-3-31-11-7(19)10(25)23(11)8(4)12(26)27/h1,7,11H,2-3,19H2,(H,26,27)(H,28,29)/t7-,11-/m1/s1. The Hall–Kier alpha value is -2.85. The molecule has 1 saturated heterocycles. The first-order chi connectivity index (χ1) is 14.5. The molecule has 2 aromatic heterocycles. The van der Waals surface area contributed by atoms with Crippen LogP contribution in [0.3, 0.4) is 0 Å². The smallest absolute Gasteiger partial charge is 0.433 e. The van der Waals surface area contributed by atoms with Gasteiger partial charge in [-0.2, -0.15) is 22.7 Å². The van der Waals surface area contributed by atoms with E-state index in [1.807, 2.05) is 0 Å². The molecule has 0 saturated carbocycles. The molecule has 4 N–H and O–H groups in total. The molecule has 0 unspecified atom stereocenters. The van der Waals surface area contributed by atoms with E-state index in [0.29, 0.717) is 11.6 Å². The van der Waals surface area contributed by atoms with Gasteiger partial charge in [0.15, 0.2) is 5.69 Å². The summed E-state index contributed by atoms with van der Waals surface area (Å²) in [6.07, 6.45) is -4.88. The van der Waals surface area contributed by atoms with Gasteiger partial charge in [0, 0.05) is 17.6 Å². The summed E-state index contributed by atoms with van der Waals surface area (Å²) >= 11 is 2.06. The number of hydrogen-bond donors (Lipinski definition) is 3. The Morgan fingerprint density at radius 1 is 1.29 bits per heavy atom. The SMILES string of the molecule is N[C@@H]1C(=O)N2C(C(=O)O)=C(CSc3cc(C(F)(F)F)n4nc(C(=O)O)nc4n3)CS[C@H]12. The molecule has 16 heteroatoms. The lowest BCUT2D eigenvalue weighted by Gasteiger charge is -2.48. The Balaban J connectivity index is 1.68. The number of hydrogen-bond acceptors (Lipinski definition) is 9. The fourth-order valence-electron chi connectivity index (χ4n) is 3.07. The number of thioether (sulfide) groups is 2. The number of carboxylic acids is 2. The van der Waals surface area contributed by atoms with Gasteiger partial charge in [-0.1, -0.05) is 0 Å². The van der Waals surface area contributed by atoms with E-state index in [1.54, 1.807) is 0 Å². The molecule has 11 nitrogen and oxygen atoms in total. The molecule has 0 spiro atoms. The van der Waals surface area contributed by atoms with Crippen LogP contribution in [0.2, 0.25) is 0 Å². The van der Waals surface area contributed by atoms with Gasteiger partial charge in [-0.3, -0.25) is 9.69 Å². The lowest BCUT2D eigenvalue weighted by Crippen LogP contribution is -2.68. The average molecular weight is 476 g/mol. The quantitative estimate of drug-likeness (QED) is 0.313. The number of carbonyl (C=O) groups is 3. The van der Waals surface area contributed by atoms with Crippen molar-refractivity contribution in [1.29, 1.82) is 0 Å². The summed E-state index contributed by atoms with van der Waals surface area (Å²) in [6.45, 7) is 0. The minimum atomic E-state index is -4.88. The van der Waals surface area contributed by atoms with Gasteiger partial charge in [0.05, 0.1) is 0 Å². The second kappa shape index (κ2) is 7.38. The predicted octanol–water partition coefficient (Wildman–Crippen LogP) is 0.515. The Morgan fingerprint density at radius 3 is 2.61 bits per heavy atom. The van der Waals surface area contributed by atoms with Gasteiger partial charge in [0.25, 0.3) is 11.6 Å². The van der Waals surface area contributed by atoms with Crippen molar-refractivity contribution in [3.8, 4) is 0 Å². The summed E-state index contributed by atoms with van der Waals surface area (Å²) in [4.78, 5) is 43.1. The predicted molar refractivity (Wildman–Crippen MR) is 99.2 cm³/mol. The fourth-order valence-corrected chi connectivity index (χ4v) is 5.39. The van der Waals surface area contributed by atoms with Crippen LogP contribution in [0.15, 0.2) is 22.4 Å². The van der Waals surface area contributed by atoms with Crippen LogP contribution in [-0.2, 0) is 15.8 Å². The minimum absolute atomic E-state index is 0.0687. The van der Waals surface area contributed by atoms with Crippen molar-refractivity contribution in [3.05, 3.63) is 28.9 Å². The lowest BCUT2D eigenvalue weighted by molar-refractivity contribution is -0.147. The van der Waals surface area contributed by atoms with Crippen molar-refractivity contribution in [3.63, 3.8) is 0 Å². The maximum absolute atomic E-state index is 13.4. The van der Waals surface area contributed by atoms with E-state index in [0.717, 1.165) is 16.7 Å². The zero-order chi connectivity index (χ0) is 22.7. The Kier molecular flexibility index (Phi) is 5.09. The van der Waals surface area contributed by atoms with Crippen LogP contribution in [0.1, 0.15) is 16.3 Å². The van der Waals surface area contributed by atoms with Gasteiger partial charge < -0.3 is 15.9 Å². The summed E-state index contributed by atoms with van der Waals surface area (Å²) in [7, 11) is 0. The summed E-state index contributed by atoms with van der Waals surface area (Å²) in [5, 5.41) is 21.1. The van der Waals surface area contributed by atoms with Gasteiger partial charge in [0.2, 0.25) is 5.91 Å². The van der Waals surface area contributed by atoms with Crippen LogP contribution in [0, 0.1) is 0 Å². The van der Waals surface area contributed by atoms with E-state index < -0.39 is 52.7 Å². The minimum Gasteiger partial charge on any atom is -0.477 e. The molecule has 0 bridgehead atoms. The molecule has 1 amide bonds. The molecule has 31 heavy (non-hydrogen) atoms. The van der Waals surface area contributed by atoms with Gasteiger partial charge >= 0.3 is 18.1 Å². The van der Waals surface area contributed by atoms with Gasteiger partial charge in [-0.05, 0) is 5.57 Å². The number of carbonyl (C=O) groups excluding carboxylic acids is 1. The number of alkyl halides is 3. The van der Waals surface area contributed by atoms with E-state index in [4.69, 9.17) is 10.8 Å². The molecule has 0 aliphatic carbocycles. The van der Waals surface area contributed by atoms with E-state index >= 15 is 0 Å². The first-order valence-corrected chi connectivity index (χ1v) is 10.4. The molecule has 1 fully saturated rings. The molecule has 2 atom stereocenters. The number of aromatic carboxylic acids is 1. The van der Waals surface area contributed by atoms with Crippen molar-refractivity contribution in [2.45, 2.75) is 22.6 Å². The maximum Gasteiger partial charge on any atom is 0.433 e. The largest absolute Gasteiger partial charge is 0.477 e. The van der Waals surface area contributed by atoms with Crippen LogP contribution in [0.5, 0.6) is 0 Å². The van der Waals surface area contributed by atoms with Crippen molar-refractivity contribution in [1.82, 2.24) is 24.5 Å². The number of aliphatic carboxylic acids is 1. The number of fused-ring (bicyclic) bond motifs is 2. The topological polar surface area (TPSA) is 164 Å². The summed E-state index contributed by atoms with van der Waals surface area (Å²) in [6, 6.07) is -0.133. The van der Waals surface area contributed by atoms with Crippen molar-refractivity contribution in [2.24, 2.45) is 5.73 Å². The Labute approximate surface area is 178 Å². The summed E-state index contributed by atoms with van der Waals surface area (Å²) < 4.78 is 40.6. The second-order valence-corrected chi connectivity index (χ2v) is 8.51. The van der Waals surface area contributed by atoms with E-state index in [2.05, 4.69) is 15.1 Å². The third kappa shape index (κ3) is 3.59. The summed E-state index contributed by atoms with van der Waals surface area (Å²) in [5.41, 5.74) is 4.47. The maximum atomic E-state index is 13.4. The normalized spacial score (nSPS) is 21.3. The molecule has 2 aliphatic heterocycles. The zero-order valence-corrected chi connectivity index (χ0v) is 16.7. The van der Waals surface area contributed by atoms with Gasteiger partial charge in [-0.25, -0.2) is 14.6 Å². The fraction of sp³-hybridized carbons (Fsp3) is 0.333. The molecular formula is C15H11F3N6O5S2. The number of amides is 1. The highest BCUT2D eigenvalue weighted by Gasteiger charge is 2.51. The molecule has 0 aromatic carbocycles. The van der Waals surface area contributed by atoms with Crippen LogP contribution in [0.25, 0.3) is 5.78 Å². The van der Waals surface area contributed by atoms with Crippen LogP contribution >= 0.6 is 23.5 Å². The van der Waals surface area contributed by atoms with E-state index in [-0.39, 0.29) is 26.7 Å². The number of rotatable bonds is 5. The van der Waals surface area contributed by atoms with Gasteiger partial charge in [0.1, 0.15) is 22.1 Å². The zero-order valence-electron chi connectivity index (χ0n) is 15.0. The van der Waals surface area contributed by atoms with Crippen LogP contribution in [0.4, 0.5) is 13.2 Å². The van der Waals surface area contributed by atoms with Crippen LogP contribution in [-0.4, -0.2) is 75.5 Å². The number of halogens is 3. The van der Waals surface area contributed by atoms with Gasteiger partial charge in [-0.15, -0.1) is 28.6 Å². The summed E-state index contributed by atoms with van der Waals surface area (Å²) in [5.74, 6) is -4.76. The highest BCUT2D eigenvalue weighted by molar-refractivity contribution is 8.01. The third-order valence-corrected chi connectivity index (χ3v) is 6.81. The highest BCUT2D eigenvalue weighted by atomic mass is 32.2. The van der Waals surface area contributed by atoms with E-state index in [9.17, 15) is 32.7 Å².